The maximum Gasteiger partial charge on any atom is 0.161 e. The molecule has 1 aromatic carbocycles. The van der Waals surface area contributed by atoms with Crippen molar-refractivity contribution in [2.45, 2.75) is 25.9 Å². The van der Waals surface area contributed by atoms with Gasteiger partial charge in [0.1, 0.15) is 0 Å². The zero-order valence-electron chi connectivity index (χ0n) is 12.3. The van der Waals surface area contributed by atoms with Crippen LogP contribution in [0.4, 0.5) is 0 Å². The van der Waals surface area contributed by atoms with Crippen molar-refractivity contribution >= 4 is 0 Å². The zero-order chi connectivity index (χ0) is 14.5. The van der Waals surface area contributed by atoms with Crippen LogP contribution in [0.1, 0.15) is 18.1 Å². The number of benzene rings is 1. The summed E-state index contributed by atoms with van der Waals surface area (Å²) in [5.41, 5.74) is 2.00. The molecule has 0 aromatic heterocycles. The first-order valence-corrected chi connectivity index (χ1v) is 6.97. The third-order valence-corrected chi connectivity index (χ3v) is 3.69. The fourth-order valence-electron chi connectivity index (χ4n) is 2.52. The van der Waals surface area contributed by atoms with E-state index in [2.05, 4.69) is 18.4 Å². The molecule has 0 aliphatic carbocycles. The molecule has 20 heavy (non-hydrogen) atoms. The minimum absolute atomic E-state index is 0.214. The molecule has 4 nitrogen and oxygen atoms in total. The highest BCUT2D eigenvalue weighted by Gasteiger charge is 2.20. The lowest BCUT2D eigenvalue weighted by Crippen LogP contribution is -2.42. The Bertz CT molecular complexity index is 473. The maximum atomic E-state index is 10.1. The molecule has 110 valence electrons. The van der Waals surface area contributed by atoms with Gasteiger partial charge in [-0.1, -0.05) is 12.1 Å². The molecule has 0 saturated carbocycles. The lowest BCUT2D eigenvalue weighted by atomic mass is 10.0. The third-order valence-electron chi connectivity index (χ3n) is 3.69. The minimum atomic E-state index is 0.214. The molecule has 2 rings (SSSR count). The van der Waals surface area contributed by atoms with Crippen molar-refractivity contribution in [3.8, 4) is 11.5 Å². The van der Waals surface area contributed by atoms with Gasteiger partial charge in [-0.15, -0.1) is 6.58 Å². The Kier molecular flexibility index (Phi) is 5.04. The van der Waals surface area contributed by atoms with Crippen LogP contribution in [0.2, 0.25) is 0 Å². The Labute approximate surface area is 120 Å². The Morgan fingerprint density at radius 3 is 3.00 bits per heavy atom. The zero-order valence-corrected chi connectivity index (χ0v) is 12.3. The van der Waals surface area contributed by atoms with E-state index in [0.717, 1.165) is 37.4 Å². The Hall–Kier alpha value is -1.52. The van der Waals surface area contributed by atoms with E-state index in [0.29, 0.717) is 18.2 Å². The topological polar surface area (TPSA) is 41.9 Å². The van der Waals surface area contributed by atoms with Gasteiger partial charge in [-0.25, -0.2) is 0 Å². The first kappa shape index (κ1) is 14.9. The van der Waals surface area contributed by atoms with Crippen molar-refractivity contribution in [1.29, 1.82) is 0 Å². The van der Waals surface area contributed by atoms with Crippen LogP contribution in [0.5, 0.6) is 11.5 Å². The normalized spacial score (nSPS) is 19.8. The highest BCUT2D eigenvalue weighted by molar-refractivity contribution is 5.49. The van der Waals surface area contributed by atoms with E-state index in [1.54, 1.807) is 13.2 Å². The number of rotatable bonds is 5. The van der Waals surface area contributed by atoms with Gasteiger partial charge < -0.3 is 14.6 Å². The number of phenolic OH excluding ortho intramolecular Hbond substituents is 1. The molecule has 1 saturated heterocycles. The smallest absolute Gasteiger partial charge is 0.161 e. The molecule has 1 aliphatic rings. The van der Waals surface area contributed by atoms with Crippen LogP contribution in [-0.4, -0.2) is 42.9 Å². The number of methoxy groups -OCH3 is 1. The van der Waals surface area contributed by atoms with Gasteiger partial charge in [-0.2, -0.15) is 0 Å². The SMILES string of the molecule is C=CCc1cc(CN2CCOC[C@H]2C)cc(OC)c1O. The number of hydrogen-bond acceptors (Lipinski definition) is 4. The second kappa shape index (κ2) is 6.77. The van der Waals surface area contributed by atoms with E-state index < -0.39 is 0 Å². The summed E-state index contributed by atoms with van der Waals surface area (Å²) < 4.78 is 10.7. The van der Waals surface area contributed by atoms with Crippen LogP contribution in [0.15, 0.2) is 24.8 Å². The fraction of sp³-hybridized carbons (Fsp3) is 0.500. The van der Waals surface area contributed by atoms with Gasteiger partial charge in [-0.05, 0) is 25.0 Å². The lowest BCUT2D eigenvalue weighted by molar-refractivity contribution is -0.00440. The van der Waals surface area contributed by atoms with E-state index in [4.69, 9.17) is 9.47 Å². The van der Waals surface area contributed by atoms with Crippen LogP contribution in [0, 0.1) is 0 Å². The predicted molar refractivity (Wildman–Crippen MR) is 79.3 cm³/mol. The molecule has 0 radical (unpaired) electrons. The number of aromatic hydroxyl groups is 1. The molecule has 1 fully saturated rings. The summed E-state index contributed by atoms with van der Waals surface area (Å²) in [6.07, 6.45) is 2.42. The molecule has 0 spiro atoms. The highest BCUT2D eigenvalue weighted by atomic mass is 16.5. The van der Waals surface area contributed by atoms with Crippen molar-refractivity contribution in [2.75, 3.05) is 26.9 Å². The number of phenols is 1. The van der Waals surface area contributed by atoms with Gasteiger partial charge in [0.2, 0.25) is 0 Å². The fourth-order valence-corrected chi connectivity index (χ4v) is 2.52. The van der Waals surface area contributed by atoms with Crippen molar-refractivity contribution < 1.29 is 14.6 Å². The van der Waals surface area contributed by atoms with E-state index in [-0.39, 0.29) is 5.75 Å². The van der Waals surface area contributed by atoms with Gasteiger partial charge in [0, 0.05) is 24.7 Å². The molecule has 4 heteroatoms. The molecule has 1 heterocycles. The molecule has 1 aromatic rings. The van der Waals surface area contributed by atoms with Gasteiger partial charge in [0.05, 0.1) is 20.3 Å². The van der Waals surface area contributed by atoms with Crippen molar-refractivity contribution in [3.05, 3.63) is 35.9 Å². The summed E-state index contributed by atoms with van der Waals surface area (Å²) in [4.78, 5) is 2.38. The Balaban J connectivity index is 2.22. The minimum Gasteiger partial charge on any atom is -0.504 e. The largest absolute Gasteiger partial charge is 0.504 e. The van der Waals surface area contributed by atoms with E-state index in [1.807, 2.05) is 12.1 Å². The molecule has 0 amide bonds. The van der Waals surface area contributed by atoms with Crippen LogP contribution >= 0.6 is 0 Å². The second-order valence-corrected chi connectivity index (χ2v) is 5.19. The molecule has 0 unspecified atom stereocenters. The quantitative estimate of drug-likeness (QED) is 0.839. The van der Waals surface area contributed by atoms with Gasteiger partial charge in [0.15, 0.2) is 11.5 Å². The predicted octanol–water partition coefficient (Wildman–Crippen LogP) is 2.35. The summed E-state index contributed by atoms with van der Waals surface area (Å²) in [5.74, 6) is 0.742. The third kappa shape index (κ3) is 3.32. The van der Waals surface area contributed by atoms with Crippen LogP contribution in [0.3, 0.4) is 0 Å². The summed E-state index contributed by atoms with van der Waals surface area (Å²) in [6.45, 7) is 9.22. The second-order valence-electron chi connectivity index (χ2n) is 5.19. The van der Waals surface area contributed by atoms with Crippen LogP contribution < -0.4 is 4.74 Å². The first-order chi connectivity index (χ1) is 9.65. The highest BCUT2D eigenvalue weighted by Crippen LogP contribution is 2.32. The van der Waals surface area contributed by atoms with Gasteiger partial charge in [-0.3, -0.25) is 4.90 Å². The van der Waals surface area contributed by atoms with E-state index >= 15 is 0 Å². The number of morpholine rings is 1. The first-order valence-electron chi connectivity index (χ1n) is 6.97. The summed E-state index contributed by atoms with van der Waals surface area (Å²) >= 11 is 0. The monoisotopic (exact) mass is 277 g/mol. The van der Waals surface area contributed by atoms with Crippen molar-refractivity contribution in [3.63, 3.8) is 0 Å². The van der Waals surface area contributed by atoms with Gasteiger partial charge in [0.25, 0.3) is 0 Å². The molecular formula is C16H23NO3. The number of nitrogens with zero attached hydrogens (tertiary/aromatic N) is 1. The van der Waals surface area contributed by atoms with E-state index in [1.165, 1.54) is 0 Å². The van der Waals surface area contributed by atoms with Crippen LogP contribution in [-0.2, 0) is 17.7 Å². The lowest BCUT2D eigenvalue weighted by Gasteiger charge is -2.33. The number of allylic oxidation sites excluding steroid dienone is 1. The molecule has 1 aliphatic heterocycles. The average molecular weight is 277 g/mol. The van der Waals surface area contributed by atoms with Crippen molar-refractivity contribution in [1.82, 2.24) is 4.90 Å². The number of ether oxygens (including phenoxy) is 2. The summed E-state index contributed by atoms with van der Waals surface area (Å²) in [7, 11) is 1.58. The Morgan fingerprint density at radius 1 is 1.55 bits per heavy atom. The standard InChI is InChI=1S/C16H23NO3/c1-4-5-14-8-13(9-15(19-3)16(14)18)10-17-6-7-20-11-12(17)2/h4,8-9,12,18H,1,5-7,10-11H2,2-3H3/t12-/m1/s1. The maximum absolute atomic E-state index is 10.1. The summed E-state index contributed by atoms with van der Waals surface area (Å²) in [5, 5.41) is 10.1. The molecule has 1 atom stereocenters. The summed E-state index contributed by atoms with van der Waals surface area (Å²) in [6, 6.07) is 4.35. The Morgan fingerprint density at radius 2 is 2.35 bits per heavy atom. The molecule has 1 N–H and O–H groups in total. The van der Waals surface area contributed by atoms with E-state index in [9.17, 15) is 5.11 Å². The molecular weight excluding hydrogens is 254 g/mol. The number of hydrogen-bond donors (Lipinski definition) is 1. The van der Waals surface area contributed by atoms with Gasteiger partial charge >= 0.3 is 0 Å². The van der Waals surface area contributed by atoms with Crippen LogP contribution in [0.25, 0.3) is 0 Å². The van der Waals surface area contributed by atoms with Crippen molar-refractivity contribution in [2.24, 2.45) is 0 Å². The molecule has 0 bridgehead atoms. The average Bonchev–Trinajstić information content (AvgIpc) is 2.45.